The van der Waals surface area contributed by atoms with Crippen LogP contribution in [0, 0.1) is 6.92 Å². The highest BCUT2D eigenvalue weighted by Crippen LogP contribution is 2.32. The highest BCUT2D eigenvalue weighted by atomic mass is 32.2. The lowest BCUT2D eigenvalue weighted by molar-refractivity contribution is 0.667. The molecule has 1 aliphatic carbocycles. The van der Waals surface area contributed by atoms with Gasteiger partial charge in [0.15, 0.2) is 0 Å². The molecule has 0 saturated carbocycles. The number of thioether (sulfide) groups is 1. The lowest BCUT2D eigenvalue weighted by Gasteiger charge is -2.20. The summed E-state index contributed by atoms with van der Waals surface area (Å²) in [7, 11) is 0. The maximum absolute atomic E-state index is 12.0. The number of rotatable bonds is 3. The maximum Gasteiger partial charge on any atom is 0.272 e. The Kier molecular flexibility index (Phi) is 4.06. The Labute approximate surface area is 129 Å². The van der Waals surface area contributed by atoms with Crippen molar-refractivity contribution in [3.63, 3.8) is 0 Å². The van der Waals surface area contributed by atoms with Gasteiger partial charge in [-0.3, -0.25) is 4.79 Å². The Morgan fingerprint density at radius 1 is 1.24 bits per heavy atom. The molecule has 0 aliphatic heterocycles. The fourth-order valence-electron chi connectivity index (χ4n) is 2.92. The van der Waals surface area contributed by atoms with Gasteiger partial charge in [0, 0.05) is 5.75 Å². The summed E-state index contributed by atoms with van der Waals surface area (Å²) in [6, 6.07) is 8.49. The number of fused-ring (bicyclic) bond motifs is 1. The number of nitrogens with two attached hydrogens (primary N) is 1. The van der Waals surface area contributed by atoms with Gasteiger partial charge < -0.3 is 10.7 Å². The van der Waals surface area contributed by atoms with Crippen molar-refractivity contribution in [3.8, 4) is 0 Å². The van der Waals surface area contributed by atoms with E-state index in [1.807, 2.05) is 0 Å². The molecule has 3 rings (SSSR count). The Morgan fingerprint density at radius 3 is 2.76 bits per heavy atom. The fraction of sp³-hybridized carbons (Fsp3) is 0.353. The Morgan fingerprint density at radius 2 is 2.00 bits per heavy atom. The van der Waals surface area contributed by atoms with E-state index in [4.69, 9.17) is 5.73 Å². The van der Waals surface area contributed by atoms with E-state index in [0.29, 0.717) is 5.69 Å². The Bertz CT molecular complexity index is 721. The monoisotopic (exact) mass is 300 g/mol. The molecule has 0 saturated heterocycles. The number of pyridine rings is 1. The number of hydrogen-bond acceptors (Lipinski definition) is 3. The van der Waals surface area contributed by atoms with Crippen molar-refractivity contribution in [2.24, 2.45) is 0 Å². The summed E-state index contributed by atoms with van der Waals surface area (Å²) >= 11 is 1.71. The third kappa shape index (κ3) is 3.00. The molecule has 0 amide bonds. The molecule has 3 N–H and O–H groups in total. The lowest BCUT2D eigenvalue weighted by Crippen LogP contribution is -2.20. The van der Waals surface area contributed by atoms with Crippen LogP contribution in [0.15, 0.2) is 34.1 Å². The molecule has 0 unspecified atom stereocenters. The van der Waals surface area contributed by atoms with Gasteiger partial charge >= 0.3 is 0 Å². The SMILES string of the molecule is Cc1cccc(CSc2[nH]c(=O)c(N)c3c2CCCC3)c1. The quantitative estimate of drug-likeness (QED) is 0.854. The van der Waals surface area contributed by atoms with Crippen molar-refractivity contribution in [1.29, 1.82) is 0 Å². The van der Waals surface area contributed by atoms with Crippen LogP contribution in [0.2, 0.25) is 0 Å². The molecule has 4 heteroatoms. The van der Waals surface area contributed by atoms with E-state index in [1.54, 1.807) is 11.8 Å². The average molecular weight is 300 g/mol. The van der Waals surface area contributed by atoms with Gasteiger partial charge in [-0.05, 0) is 49.3 Å². The van der Waals surface area contributed by atoms with Crippen LogP contribution in [0.5, 0.6) is 0 Å². The minimum atomic E-state index is -0.137. The maximum atomic E-state index is 12.0. The smallest absolute Gasteiger partial charge is 0.272 e. The van der Waals surface area contributed by atoms with Crippen molar-refractivity contribution in [2.45, 2.75) is 43.4 Å². The second-order valence-corrected chi connectivity index (χ2v) is 6.62. The van der Waals surface area contributed by atoms with Crippen LogP contribution in [-0.4, -0.2) is 4.98 Å². The standard InChI is InChI=1S/C17H20N2OS/c1-11-5-4-6-12(9-11)10-21-17-14-8-3-2-7-13(14)15(18)16(20)19-17/h4-6,9H,2-3,7-8,10,18H2,1H3,(H,19,20). The first-order valence-corrected chi connectivity index (χ1v) is 8.35. The lowest BCUT2D eigenvalue weighted by atomic mass is 9.92. The zero-order chi connectivity index (χ0) is 14.8. The predicted molar refractivity (Wildman–Crippen MR) is 88.9 cm³/mol. The molecule has 0 atom stereocenters. The van der Waals surface area contributed by atoms with E-state index >= 15 is 0 Å². The molecule has 2 aromatic rings. The molecular weight excluding hydrogens is 280 g/mol. The van der Waals surface area contributed by atoms with E-state index in [-0.39, 0.29) is 5.56 Å². The largest absolute Gasteiger partial charge is 0.394 e. The first-order chi connectivity index (χ1) is 10.1. The summed E-state index contributed by atoms with van der Waals surface area (Å²) in [6.07, 6.45) is 4.26. The van der Waals surface area contributed by atoms with Crippen LogP contribution in [0.1, 0.15) is 35.1 Å². The van der Waals surface area contributed by atoms with Gasteiger partial charge in [-0.1, -0.05) is 29.8 Å². The van der Waals surface area contributed by atoms with Crippen LogP contribution in [0.3, 0.4) is 0 Å². The molecule has 0 fully saturated rings. The van der Waals surface area contributed by atoms with E-state index in [0.717, 1.165) is 35.6 Å². The third-order valence-electron chi connectivity index (χ3n) is 4.00. The van der Waals surface area contributed by atoms with Crippen LogP contribution in [0.4, 0.5) is 5.69 Å². The zero-order valence-electron chi connectivity index (χ0n) is 12.2. The normalized spacial score (nSPS) is 14.0. The number of nitrogens with one attached hydrogen (secondary N) is 1. The minimum Gasteiger partial charge on any atom is -0.394 e. The Hall–Kier alpha value is -1.68. The molecule has 1 aromatic carbocycles. The third-order valence-corrected chi connectivity index (χ3v) is 5.12. The molecule has 0 bridgehead atoms. The first-order valence-electron chi connectivity index (χ1n) is 7.37. The van der Waals surface area contributed by atoms with Gasteiger partial charge in [-0.25, -0.2) is 0 Å². The van der Waals surface area contributed by atoms with Crippen LogP contribution in [-0.2, 0) is 18.6 Å². The number of aryl methyl sites for hydroxylation is 1. The van der Waals surface area contributed by atoms with Crippen molar-refractivity contribution in [3.05, 3.63) is 56.9 Å². The zero-order valence-corrected chi connectivity index (χ0v) is 13.1. The second-order valence-electron chi connectivity index (χ2n) is 5.64. The number of aromatic nitrogens is 1. The van der Waals surface area contributed by atoms with Crippen LogP contribution < -0.4 is 11.3 Å². The molecule has 0 radical (unpaired) electrons. The van der Waals surface area contributed by atoms with E-state index in [1.165, 1.54) is 23.1 Å². The molecule has 1 heterocycles. The van der Waals surface area contributed by atoms with E-state index in [2.05, 4.69) is 36.2 Å². The Balaban J connectivity index is 1.89. The van der Waals surface area contributed by atoms with Crippen molar-refractivity contribution >= 4 is 17.4 Å². The number of aromatic amines is 1. The summed E-state index contributed by atoms with van der Waals surface area (Å²) < 4.78 is 0. The molecule has 1 aromatic heterocycles. The van der Waals surface area contributed by atoms with Gasteiger partial charge in [-0.2, -0.15) is 0 Å². The van der Waals surface area contributed by atoms with Crippen LogP contribution in [0.25, 0.3) is 0 Å². The molecule has 110 valence electrons. The van der Waals surface area contributed by atoms with Crippen molar-refractivity contribution in [2.75, 3.05) is 5.73 Å². The molecule has 0 spiro atoms. The van der Waals surface area contributed by atoms with Crippen LogP contribution >= 0.6 is 11.8 Å². The topological polar surface area (TPSA) is 58.9 Å². The number of H-pyrrole nitrogens is 1. The number of anilines is 1. The van der Waals surface area contributed by atoms with Crippen molar-refractivity contribution < 1.29 is 0 Å². The van der Waals surface area contributed by atoms with Gasteiger partial charge in [0.2, 0.25) is 0 Å². The predicted octanol–water partition coefficient (Wildman–Crippen LogP) is 3.44. The fourth-order valence-corrected chi connectivity index (χ4v) is 3.97. The minimum absolute atomic E-state index is 0.137. The molecule has 1 aliphatic rings. The van der Waals surface area contributed by atoms with Gasteiger partial charge in [-0.15, -0.1) is 11.8 Å². The number of benzene rings is 1. The second kappa shape index (κ2) is 5.98. The summed E-state index contributed by atoms with van der Waals surface area (Å²) in [4.78, 5) is 15.0. The van der Waals surface area contributed by atoms with Crippen molar-refractivity contribution in [1.82, 2.24) is 4.98 Å². The number of nitrogen functional groups attached to an aromatic ring is 1. The van der Waals surface area contributed by atoms with Gasteiger partial charge in [0.1, 0.15) is 5.69 Å². The molecule has 3 nitrogen and oxygen atoms in total. The van der Waals surface area contributed by atoms with Gasteiger partial charge in [0.05, 0.1) is 5.03 Å². The molecule has 21 heavy (non-hydrogen) atoms. The highest BCUT2D eigenvalue weighted by molar-refractivity contribution is 7.98. The summed E-state index contributed by atoms with van der Waals surface area (Å²) in [6.45, 7) is 2.10. The number of hydrogen-bond donors (Lipinski definition) is 2. The highest BCUT2D eigenvalue weighted by Gasteiger charge is 2.19. The summed E-state index contributed by atoms with van der Waals surface area (Å²) in [5.41, 5.74) is 11.1. The summed E-state index contributed by atoms with van der Waals surface area (Å²) in [5.74, 6) is 0.869. The first kappa shape index (κ1) is 14.3. The average Bonchev–Trinajstić information content (AvgIpc) is 2.50. The summed E-state index contributed by atoms with van der Waals surface area (Å²) in [5, 5.41) is 1.01. The van der Waals surface area contributed by atoms with Gasteiger partial charge in [0.25, 0.3) is 5.56 Å². The van der Waals surface area contributed by atoms with E-state index < -0.39 is 0 Å². The van der Waals surface area contributed by atoms with E-state index in [9.17, 15) is 4.79 Å². The molecular formula is C17H20N2OS.